The smallest absolute Gasteiger partial charge is 0.209 e. The fourth-order valence-corrected chi connectivity index (χ4v) is 2.48. The van der Waals surface area contributed by atoms with Gasteiger partial charge in [0.15, 0.2) is 23.4 Å². The Hall–Kier alpha value is -1.96. The number of ketones is 2. The van der Waals surface area contributed by atoms with Crippen molar-refractivity contribution in [3.8, 4) is 11.5 Å². The standard InChI is InChI=1S/C15H18O7/c1-8(16)12-14(21-22-15(12,2)18)13(17)9-5-6-10(19-3)11(7-9)20-4/h5-7,12,14,18H,1-4H3. The molecule has 0 spiro atoms. The van der Waals surface area contributed by atoms with Crippen LogP contribution in [0.4, 0.5) is 0 Å². The summed E-state index contributed by atoms with van der Waals surface area (Å²) in [4.78, 5) is 33.9. The molecule has 0 aromatic heterocycles. The van der Waals surface area contributed by atoms with Crippen molar-refractivity contribution in [1.82, 2.24) is 0 Å². The van der Waals surface area contributed by atoms with Gasteiger partial charge in [0.25, 0.3) is 0 Å². The fraction of sp³-hybridized carbons (Fsp3) is 0.467. The molecule has 1 N–H and O–H groups in total. The molecule has 0 saturated carbocycles. The summed E-state index contributed by atoms with van der Waals surface area (Å²) in [5.41, 5.74) is 0.259. The molecule has 22 heavy (non-hydrogen) atoms. The van der Waals surface area contributed by atoms with Crippen LogP contribution in [0.2, 0.25) is 0 Å². The normalized spacial score (nSPS) is 27.5. The van der Waals surface area contributed by atoms with E-state index < -0.39 is 29.4 Å². The Bertz CT molecular complexity index is 594. The summed E-state index contributed by atoms with van der Waals surface area (Å²) in [6.45, 7) is 2.55. The van der Waals surface area contributed by atoms with Gasteiger partial charge in [-0.05, 0) is 32.0 Å². The summed E-state index contributed by atoms with van der Waals surface area (Å²) in [5, 5.41) is 10.0. The van der Waals surface area contributed by atoms with Crippen LogP contribution in [-0.2, 0) is 14.6 Å². The van der Waals surface area contributed by atoms with E-state index in [1.165, 1.54) is 40.2 Å². The molecule has 1 aliphatic rings. The van der Waals surface area contributed by atoms with Crippen molar-refractivity contribution in [1.29, 1.82) is 0 Å². The van der Waals surface area contributed by atoms with Crippen LogP contribution in [0.15, 0.2) is 18.2 Å². The minimum Gasteiger partial charge on any atom is -0.493 e. The Morgan fingerprint density at radius 1 is 1.23 bits per heavy atom. The topological polar surface area (TPSA) is 91.3 Å². The van der Waals surface area contributed by atoms with Gasteiger partial charge in [0.1, 0.15) is 11.7 Å². The zero-order valence-corrected chi connectivity index (χ0v) is 12.8. The first kappa shape index (κ1) is 16.4. The van der Waals surface area contributed by atoms with Crippen molar-refractivity contribution >= 4 is 11.6 Å². The number of hydrogen-bond acceptors (Lipinski definition) is 7. The Morgan fingerprint density at radius 3 is 2.41 bits per heavy atom. The lowest BCUT2D eigenvalue weighted by Crippen LogP contribution is -2.42. The summed E-state index contributed by atoms with van der Waals surface area (Å²) < 4.78 is 10.2. The van der Waals surface area contributed by atoms with E-state index in [0.717, 1.165) is 0 Å². The van der Waals surface area contributed by atoms with Crippen LogP contribution >= 0.6 is 0 Å². The van der Waals surface area contributed by atoms with Gasteiger partial charge in [0.05, 0.1) is 14.2 Å². The van der Waals surface area contributed by atoms with E-state index in [0.29, 0.717) is 11.5 Å². The van der Waals surface area contributed by atoms with Gasteiger partial charge in [0.2, 0.25) is 5.79 Å². The van der Waals surface area contributed by atoms with Crippen LogP contribution in [0.25, 0.3) is 0 Å². The molecule has 1 aromatic rings. The molecule has 3 atom stereocenters. The molecular weight excluding hydrogens is 292 g/mol. The van der Waals surface area contributed by atoms with Gasteiger partial charge in [-0.3, -0.25) is 9.59 Å². The Labute approximate surface area is 127 Å². The van der Waals surface area contributed by atoms with Crippen LogP contribution in [-0.4, -0.2) is 42.8 Å². The Morgan fingerprint density at radius 2 is 1.86 bits per heavy atom. The van der Waals surface area contributed by atoms with Crippen molar-refractivity contribution in [2.24, 2.45) is 5.92 Å². The molecular formula is C15H18O7. The minimum atomic E-state index is -1.84. The van der Waals surface area contributed by atoms with Crippen molar-refractivity contribution in [2.75, 3.05) is 14.2 Å². The minimum absolute atomic E-state index is 0.259. The first-order chi connectivity index (χ1) is 10.3. The van der Waals surface area contributed by atoms with Crippen LogP contribution in [0.3, 0.4) is 0 Å². The molecule has 0 amide bonds. The maximum absolute atomic E-state index is 12.6. The number of ether oxygens (including phenoxy) is 2. The van der Waals surface area contributed by atoms with Crippen LogP contribution < -0.4 is 9.47 Å². The molecule has 0 radical (unpaired) electrons. The highest BCUT2D eigenvalue weighted by molar-refractivity contribution is 6.03. The number of carbonyl (C=O) groups excluding carboxylic acids is 2. The molecule has 120 valence electrons. The summed E-state index contributed by atoms with van der Waals surface area (Å²) in [6.07, 6.45) is -1.22. The lowest BCUT2D eigenvalue weighted by molar-refractivity contribution is -0.369. The molecule has 7 nitrogen and oxygen atoms in total. The number of rotatable bonds is 5. The highest BCUT2D eigenvalue weighted by Crippen LogP contribution is 2.36. The van der Waals surface area contributed by atoms with Gasteiger partial charge < -0.3 is 14.6 Å². The second-order valence-electron chi connectivity index (χ2n) is 5.18. The number of aliphatic hydroxyl groups is 1. The van der Waals surface area contributed by atoms with E-state index in [1.54, 1.807) is 6.07 Å². The second-order valence-corrected chi connectivity index (χ2v) is 5.18. The lowest BCUT2D eigenvalue weighted by Gasteiger charge is -2.20. The van der Waals surface area contributed by atoms with E-state index >= 15 is 0 Å². The first-order valence-electron chi connectivity index (χ1n) is 6.65. The largest absolute Gasteiger partial charge is 0.493 e. The number of carbonyl (C=O) groups is 2. The molecule has 0 bridgehead atoms. The Kier molecular flexibility index (Phi) is 4.50. The zero-order valence-electron chi connectivity index (χ0n) is 12.8. The number of methoxy groups -OCH3 is 2. The van der Waals surface area contributed by atoms with E-state index in [-0.39, 0.29) is 5.56 Å². The van der Waals surface area contributed by atoms with Gasteiger partial charge in [-0.15, -0.1) is 0 Å². The monoisotopic (exact) mass is 310 g/mol. The van der Waals surface area contributed by atoms with Gasteiger partial charge in [0, 0.05) is 5.56 Å². The quantitative estimate of drug-likeness (QED) is 0.644. The number of hydrogen-bond donors (Lipinski definition) is 1. The molecule has 1 saturated heterocycles. The fourth-order valence-electron chi connectivity index (χ4n) is 2.48. The summed E-state index contributed by atoms with van der Waals surface area (Å²) in [7, 11) is 2.93. The third-order valence-corrected chi connectivity index (χ3v) is 3.56. The number of benzene rings is 1. The van der Waals surface area contributed by atoms with Gasteiger partial charge in [-0.1, -0.05) is 0 Å². The van der Waals surface area contributed by atoms with Crippen molar-refractivity contribution in [3.63, 3.8) is 0 Å². The van der Waals surface area contributed by atoms with Crippen molar-refractivity contribution in [3.05, 3.63) is 23.8 Å². The van der Waals surface area contributed by atoms with E-state index in [1.807, 2.05) is 0 Å². The first-order valence-corrected chi connectivity index (χ1v) is 6.65. The van der Waals surface area contributed by atoms with Gasteiger partial charge in [-0.25, -0.2) is 4.89 Å². The zero-order chi connectivity index (χ0) is 16.5. The predicted molar refractivity (Wildman–Crippen MR) is 74.6 cm³/mol. The van der Waals surface area contributed by atoms with Crippen LogP contribution in [0.1, 0.15) is 24.2 Å². The van der Waals surface area contributed by atoms with Gasteiger partial charge >= 0.3 is 0 Å². The van der Waals surface area contributed by atoms with Crippen molar-refractivity contribution in [2.45, 2.75) is 25.7 Å². The maximum atomic E-state index is 12.6. The molecule has 0 aliphatic carbocycles. The van der Waals surface area contributed by atoms with E-state index in [9.17, 15) is 14.7 Å². The lowest BCUT2D eigenvalue weighted by atomic mass is 9.86. The summed E-state index contributed by atoms with van der Waals surface area (Å²) >= 11 is 0. The average molecular weight is 310 g/mol. The maximum Gasteiger partial charge on any atom is 0.209 e. The molecule has 1 aromatic carbocycles. The highest BCUT2D eigenvalue weighted by Gasteiger charge is 2.53. The van der Waals surface area contributed by atoms with Crippen LogP contribution in [0, 0.1) is 5.92 Å². The number of Topliss-reactive ketones (excluding diaryl/α,β-unsaturated/α-hetero) is 2. The highest BCUT2D eigenvalue weighted by atomic mass is 17.2. The van der Waals surface area contributed by atoms with Crippen molar-refractivity contribution < 1.29 is 33.9 Å². The molecule has 3 unspecified atom stereocenters. The van der Waals surface area contributed by atoms with Crippen LogP contribution in [0.5, 0.6) is 11.5 Å². The van der Waals surface area contributed by atoms with E-state index in [4.69, 9.17) is 19.2 Å². The summed E-state index contributed by atoms with van der Waals surface area (Å²) in [6, 6.07) is 4.58. The van der Waals surface area contributed by atoms with Gasteiger partial charge in [-0.2, -0.15) is 4.89 Å². The SMILES string of the molecule is COc1ccc(C(=O)C2OOC(C)(O)C2C(C)=O)cc1OC. The molecule has 1 fully saturated rings. The predicted octanol–water partition coefficient (Wildman–Crippen LogP) is 1.13. The van der Waals surface area contributed by atoms with E-state index in [2.05, 4.69) is 0 Å². The third kappa shape index (κ3) is 2.83. The molecule has 1 aliphatic heterocycles. The average Bonchev–Trinajstić information content (AvgIpc) is 2.81. The summed E-state index contributed by atoms with van der Waals surface area (Å²) in [5.74, 6) is -2.99. The molecule has 7 heteroatoms. The second kappa shape index (κ2) is 6.04. The third-order valence-electron chi connectivity index (χ3n) is 3.56. The molecule has 1 heterocycles. The Balaban J connectivity index is 2.34. The molecule has 2 rings (SSSR count).